The summed E-state index contributed by atoms with van der Waals surface area (Å²) in [6.07, 6.45) is 6.77. The Morgan fingerprint density at radius 2 is 2.05 bits per heavy atom. The van der Waals surface area contributed by atoms with Gasteiger partial charge in [0.15, 0.2) is 0 Å². The van der Waals surface area contributed by atoms with Gasteiger partial charge in [-0.25, -0.2) is 0 Å². The van der Waals surface area contributed by atoms with Crippen molar-refractivity contribution in [1.82, 2.24) is 10.2 Å². The van der Waals surface area contributed by atoms with Crippen LogP contribution in [0.25, 0.3) is 0 Å². The third-order valence-corrected chi connectivity index (χ3v) is 5.16. The first-order valence-electron chi connectivity index (χ1n) is 8.38. The zero-order chi connectivity index (χ0) is 13.9. The number of fused-ring (bicyclic) bond motifs is 1. The molecule has 3 rings (SSSR count). The minimum absolute atomic E-state index is 0.525. The molecule has 1 aliphatic carbocycles. The number of nitrogens with one attached hydrogen (secondary N) is 1. The van der Waals surface area contributed by atoms with E-state index in [-0.39, 0.29) is 0 Å². The van der Waals surface area contributed by atoms with Crippen LogP contribution in [0.4, 0.5) is 0 Å². The molecule has 1 heterocycles. The minimum atomic E-state index is 0.525. The highest BCUT2D eigenvalue weighted by Gasteiger charge is 2.37. The molecule has 20 heavy (non-hydrogen) atoms. The fourth-order valence-electron chi connectivity index (χ4n) is 4.14. The fraction of sp³-hybridized carbons (Fsp3) is 0.667. The van der Waals surface area contributed by atoms with Crippen LogP contribution in [0, 0.1) is 0 Å². The second-order valence-electron chi connectivity index (χ2n) is 6.44. The number of hydrogen-bond donors (Lipinski definition) is 1. The van der Waals surface area contributed by atoms with Crippen molar-refractivity contribution in [2.24, 2.45) is 0 Å². The summed E-state index contributed by atoms with van der Waals surface area (Å²) in [5.74, 6) is 0. The first kappa shape index (κ1) is 14.1. The molecule has 1 saturated heterocycles. The number of likely N-dealkylation sites (tertiary alicyclic amines) is 1. The van der Waals surface area contributed by atoms with Crippen molar-refractivity contribution in [1.29, 1.82) is 0 Å². The molecule has 0 amide bonds. The summed E-state index contributed by atoms with van der Waals surface area (Å²) in [4.78, 5) is 2.79. The van der Waals surface area contributed by atoms with E-state index in [1.165, 1.54) is 44.2 Å². The summed E-state index contributed by atoms with van der Waals surface area (Å²) in [7, 11) is 0. The zero-order valence-electron chi connectivity index (χ0n) is 12.9. The van der Waals surface area contributed by atoms with Crippen LogP contribution < -0.4 is 5.32 Å². The molecule has 2 heteroatoms. The largest absolute Gasteiger partial charge is 0.309 e. The molecular weight excluding hydrogens is 244 g/mol. The zero-order valence-corrected chi connectivity index (χ0v) is 12.9. The van der Waals surface area contributed by atoms with Crippen molar-refractivity contribution in [3.63, 3.8) is 0 Å². The van der Waals surface area contributed by atoms with Gasteiger partial charge in [-0.05, 0) is 50.4 Å². The van der Waals surface area contributed by atoms with Crippen molar-refractivity contribution >= 4 is 0 Å². The maximum Gasteiger partial charge on any atom is 0.0484 e. The Morgan fingerprint density at radius 3 is 2.90 bits per heavy atom. The van der Waals surface area contributed by atoms with E-state index in [9.17, 15) is 0 Å². The van der Waals surface area contributed by atoms with Crippen LogP contribution in [0.5, 0.6) is 0 Å². The van der Waals surface area contributed by atoms with E-state index in [4.69, 9.17) is 0 Å². The third-order valence-electron chi connectivity index (χ3n) is 5.16. The summed E-state index contributed by atoms with van der Waals surface area (Å²) in [5, 5.41) is 3.75. The van der Waals surface area contributed by atoms with Gasteiger partial charge in [0.2, 0.25) is 0 Å². The molecule has 2 aliphatic rings. The van der Waals surface area contributed by atoms with Gasteiger partial charge in [0.1, 0.15) is 0 Å². The molecule has 0 bridgehead atoms. The predicted molar refractivity (Wildman–Crippen MR) is 85.0 cm³/mol. The lowest BCUT2D eigenvalue weighted by Crippen LogP contribution is -2.47. The van der Waals surface area contributed by atoms with Gasteiger partial charge in [0.25, 0.3) is 0 Å². The maximum atomic E-state index is 3.75. The fourth-order valence-corrected chi connectivity index (χ4v) is 4.14. The van der Waals surface area contributed by atoms with Crippen LogP contribution in [0.2, 0.25) is 0 Å². The van der Waals surface area contributed by atoms with Gasteiger partial charge in [-0.1, -0.05) is 44.0 Å². The number of rotatable bonds is 3. The lowest BCUT2D eigenvalue weighted by Gasteiger charge is -2.37. The van der Waals surface area contributed by atoms with Gasteiger partial charge in [-0.2, -0.15) is 0 Å². The second kappa shape index (κ2) is 6.28. The molecule has 3 atom stereocenters. The first-order chi connectivity index (χ1) is 9.81. The summed E-state index contributed by atoms with van der Waals surface area (Å²) < 4.78 is 0. The highest BCUT2D eigenvalue weighted by atomic mass is 15.2. The predicted octanol–water partition coefficient (Wildman–Crippen LogP) is 3.53. The Hall–Kier alpha value is -0.860. The SMILES string of the molecule is CCNC1c2ccccc2CC1N1CCCCCC1C. The average Bonchev–Trinajstić information content (AvgIpc) is 2.67. The van der Waals surface area contributed by atoms with Crippen molar-refractivity contribution in [3.05, 3.63) is 35.4 Å². The molecule has 1 fully saturated rings. The smallest absolute Gasteiger partial charge is 0.0484 e. The van der Waals surface area contributed by atoms with Crippen LogP contribution in [-0.2, 0) is 6.42 Å². The summed E-state index contributed by atoms with van der Waals surface area (Å²) >= 11 is 0. The second-order valence-corrected chi connectivity index (χ2v) is 6.44. The van der Waals surface area contributed by atoms with E-state index in [1.54, 1.807) is 5.56 Å². The van der Waals surface area contributed by atoms with Crippen LogP contribution >= 0.6 is 0 Å². The molecule has 0 radical (unpaired) electrons. The molecule has 1 aromatic carbocycles. The van der Waals surface area contributed by atoms with Crippen molar-refractivity contribution in [2.75, 3.05) is 13.1 Å². The highest BCUT2D eigenvalue weighted by Crippen LogP contribution is 2.36. The Bertz CT molecular complexity index is 443. The van der Waals surface area contributed by atoms with Crippen LogP contribution in [0.15, 0.2) is 24.3 Å². The van der Waals surface area contributed by atoms with Crippen LogP contribution in [0.1, 0.15) is 56.7 Å². The van der Waals surface area contributed by atoms with Gasteiger partial charge >= 0.3 is 0 Å². The lowest BCUT2D eigenvalue weighted by atomic mass is 10.0. The van der Waals surface area contributed by atoms with Gasteiger partial charge < -0.3 is 5.32 Å². The number of hydrogen-bond acceptors (Lipinski definition) is 2. The monoisotopic (exact) mass is 272 g/mol. The van der Waals surface area contributed by atoms with E-state index in [1.807, 2.05) is 0 Å². The summed E-state index contributed by atoms with van der Waals surface area (Å²) in [6, 6.07) is 10.9. The van der Waals surface area contributed by atoms with E-state index < -0.39 is 0 Å². The topological polar surface area (TPSA) is 15.3 Å². The summed E-state index contributed by atoms with van der Waals surface area (Å²) in [6.45, 7) is 6.99. The van der Waals surface area contributed by atoms with E-state index in [0.29, 0.717) is 12.1 Å². The molecule has 0 saturated carbocycles. The minimum Gasteiger partial charge on any atom is -0.309 e. The molecule has 0 aromatic heterocycles. The number of benzene rings is 1. The normalized spacial score (nSPS) is 31.0. The lowest BCUT2D eigenvalue weighted by molar-refractivity contribution is 0.123. The van der Waals surface area contributed by atoms with E-state index >= 15 is 0 Å². The Morgan fingerprint density at radius 1 is 1.20 bits per heavy atom. The van der Waals surface area contributed by atoms with Crippen molar-refractivity contribution < 1.29 is 0 Å². The van der Waals surface area contributed by atoms with Crippen LogP contribution in [0.3, 0.4) is 0 Å². The Kier molecular flexibility index (Phi) is 4.42. The first-order valence-corrected chi connectivity index (χ1v) is 8.38. The van der Waals surface area contributed by atoms with E-state index in [0.717, 1.165) is 12.6 Å². The number of likely N-dealkylation sites (N-methyl/N-ethyl adjacent to an activating group) is 1. The Labute approximate surface area is 123 Å². The molecule has 2 nitrogen and oxygen atoms in total. The maximum absolute atomic E-state index is 3.75. The summed E-state index contributed by atoms with van der Waals surface area (Å²) in [5.41, 5.74) is 3.09. The molecule has 1 aromatic rings. The Balaban J connectivity index is 1.85. The molecule has 0 spiro atoms. The molecular formula is C18H28N2. The highest BCUT2D eigenvalue weighted by molar-refractivity contribution is 5.37. The molecule has 110 valence electrons. The van der Waals surface area contributed by atoms with Crippen LogP contribution in [-0.4, -0.2) is 30.1 Å². The quantitative estimate of drug-likeness (QED) is 0.905. The van der Waals surface area contributed by atoms with E-state index in [2.05, 4.69) is 48.3 Å². The van der Waals surface area contributed by atoms with Crippen molar-refractivity contribution in [2.45, 2.75) is 64.1 Å². The van der Waals surface area contributed by atoms with Crippen molar-refractivity contribution in [3.8, 4) is 0 Å². The molecule has 1 N–H and O–H groups in total. The van der Waals surface area contributed by atoms with Gasteiger partial charge in [-0.3, -0.25) is 4.90 Å². The van der Waals surface area contributed by atoms with Gasteiger partial charge in [-0.15, -0.1) is 0 Å². The standard InChI is InChI=1S/C18H28N2/c1-3-19-18-16-11-7-6-10-15(16)13-17(18)20-12-8-4-5-9-14(20)2/h6-7,10-11,14,17-19H,3-5,8-9,12-13H2,1-2H3. The van der Waals surface area contributed by atoms with Gasteiger partial charge in [0.05, 0.1) is 0 Å². The molecule has 3 unspecified atom stereocenters. The number of nitrogens with zero attached hydrogens (tertiary/aromatic N) is 1. The average molecular weight is 272 g/mol. The van der Waals surface area contributed by atoms with Gasteiger partial charge in [0, 0.05) is 18.1 Å². The molecule has 1 aliphatic heterocycles. The third kappa shape index (κ3) is 2.64.